The number of nitrogens with zero attached hydrogens (tertiary/aromatic N) is 1. The molecule has 1 aromatic carbocycles. The second-order valence-corrected chi connectivity index (χ2v) is 6.13. The van der Waals surface area contributed by atoms with Crippen molar-refractivity contribution in [2.45, 2.75) is 32.9 Å². The lowest BCUT2D eigenvalue weighted by Gasteiger charge is -2.22. The Morgan fingerprint density at radius 2 is 2.05 bits per heavy atom. The molecule has 0 spiro atoms. The van der Waals surface area contributed by atoms with Crippen LogP contribution in [-0.4, -0.2) is 17.9 Å². The molecule has 0 aliphatic rings. The lowest BCUT2D eigenvalue weighted by Crippen LogP contribution is -2.23. The van der Waals surface area contributed by atoms with Crippen molar-refractivity contribution in [1.82, 2.24) is 4.90 Å². The lowest BCUT2D eigenvalue weighted by molar-refractivity contribution is -0.128. The van der Waals surface area contributed by atoms with Crippen molar-refractivity contribution in [3.05, 3.63) is 52.2 Å². The molecule has 21 heavy (non-hydrogen) atoms. The van der Waals surface area contributed by atoms with Crippen LogP contribution in [0.1, 0.15) is 36.8 Å². The number of anilines is 1. The molecular weight excluding hydrogens is 280 g/mol. The van der Waals surface area contributed by atoms with Gasteiger partial charge in [0.05, 0.1) is 6.04 Å². The standard InChI is InChI=1S/C17H22N2OS/c1-4-15(17-10-7-11-21-17)18-16-9-6-5-8-14(16)12-19(3)13(2)20/h5-11,15,18H,4,12H2,1-3H3. The number of hydrogen-bond acceptors (Lipinski definition) is 3. The quantitative estimate of drug-likeness (QED) is 0.863. The summed E-state index contributed by atoms with van der Waals surface area (Å²) < 4.78 is 0. The van der Waals surface area contributed by atoms with Crippen molar-refractivity contribution < 1.29 is 4.79 Å². The molecule has 0 saturated carbocycles. The van der Waals surface area contributed by atoms with Gasteiger partial charge in [0.25, 0.3) is 0 Å². The Bertz CT molecular complexity index is 580. The van der Waals surface area contributed by atoms with Crippen LogP contribution in [0.4, 0.5) is 5.69 Å². The third kappa shape index (κ3) is 4.08. The van der Waals surface area contributed by atoms with Crippen LogP contribution in [0.3, 0.4) is 0 Å². The van der Waals surface area contributed by atoms with Gasteiger partial charge in [0.15, 0.2) is 0 Å². The minimum Gasteiger partial charge on any atom is -0.377 e. The molecule has 1 unspecified atom stereocenters. The summed E-state index contributed by atoms with van der Waals surface area (Å²) in [5.74, 6) is 0.0788. The fourth-order valence-electron chi connectivity index (χ4n) is 2.22. The van der Waals surface area contributed by atoms with Crippen LogP contribution in [-0.2, 0) is 11.3 Å². The van der Waals surface area contributed by atoms with Crippen LogP contribution in [0.15, 0.2) is 41.8 Å². The number of amides is 1. The predicted octanol–water partition coefficient (Wildman–Crippen LogP) is 4.29. The van der Waals surface area contributed by atoms with Gasteiger partial charge >= 0.3 is 0 Å². The van der Waals surface area contributed by atoms with Crippen LogP contribution < -0.4 is 5.32 Å². The Morgan fingerprint density at radius 1 is 1.29 bits per heavy atom. The molecule has 0 aliphatic carbocycles. The van der Waals surface area contributed by atoms with Gasteiger partial charge in [-0.2, -0.15) is 0 Å². The highest BCUT2D eigenvalue weighted by Crippen LogP contribution is 2.28. The molecule has 3 nitrogen and oxygen atoms in total. The Hall–Kier alpha value is -1.81. The van der Waals surface area contributed by atoms with Crippen molar-refractivity contribution in [2.75, 3.05) is 12.4 Å². The van der Waals surface area contributed by atoms with Crippen molar-refractivity contribution in [3.63, 3.8) is 0 Å². The van der Waals surface area contributed by atoms with Gasteiger partial charge in [-0.1, -0.05) is 31.2 Å². The first kappa shape index (κ1) is 15.6. The molecule has 2 rings (SSSR count). The van der Waals surface area contributed by atoms with Crippen LogP contribution in [0, 0.1) is 0 Å². The number of hydrogen-bond donors (Lipinski definition) is 1. The van der Waals surface area contributed by atoms with Gasteiger partial charge in [-0.05, 0) is 29.5 Å². The fourth-order valence-corrected chi connectivity index (χ4v) is 3.08. The maximum absolute atomic E-state index is 11.4. The number of nitrogens with one attached hydrogen (secondary N) is 1. The summed E-state index contributed by atoms with van der Waals surface area (Å²) in [5.41, 5.74) is 2.25. The summed E-state index contributed by atoms with van der Waals surface area (Å²) in [6.45, 7) is 4.40. The molecule has 2 aromatic rings. The van der Waals surface area contributed by atoms with E-state index in [1.165, 1.54) is 4.88 Å². The summed E-state index contributed by atoms with van der Waals surface area (Å²) in [4.78, 5) is 14.5. The van der Waals surface area contributed by atoms with Crippen LogP contribution >= 0.6 is 11.3 Å². The summed E-state index contributed by atoms with van der Waals surface area (Å²) in [7, 11) is 1.83. The van der Waals surface area contributed by atoms with E-state index < -0.39 is 0 Å². The first-order valence-corrected chi connectivity index (χ1v) is 8.09. The van der Waals surface area contributed by atoms with E-state index >= 15 is 0 Å². The third-order valence-corrected chi connectivity index (χ3v) is 4.57. The maximum atomic E-state index is 11.4. The molecule has 1 aromatic heterocycles. The monoisotopic (exact) mass is 302 g/mol. The third-order valence-electron chi connectivity index (χ3n) is 3.59. The molecule has 1 heterocycles. The highest BCUT2D eigenvalue weighted by atomic mass is 32.1. The Kier molecular flexibility index (Phi) is 5.39. The smallest absolute Gasteiger partial charge is 0.219 e. The second-order valence-electron chi connectivity index (χ2n) is 5.15. The average molecular weight is 302 g/mol. The largest absolute Gasteiger partial charge is 0.377 e. The first-order chi connectivity index (χ1) is 10.1. The number of benzene rings is 1. The zero-order valence-corrected chi connectivity index (χ0v) is 13.6. The van der Waals surface area contributed by atoms with Crippen LogP contribution in [0.2, 0.25) is 0 Å². The van der Waals surface area contributed by atoms with Crippen LogP contribution in [0.25, 0.3) is 0 Å². The van der Waals surface area contributed by atoms with Gasteiger partial charge in [-0.25, -0.2) is 0 Å². The van der Waals surface area contributed by atoms with Gasteiger partial charge in [0.2, 0.25) is 5.91 Å². The van der Waals surface area contributed by atoms with Crippen molar-refractivity contribution in [1.29, 1.82) is 0 Å². The van der Waals surface area contributed by atoms with Crippen molar-refractivity contribution >= 4 is 22.9 Å². The average Bonchev–Trinajstić information content (AvgIpc) is 3.00. The second kappa shape index (κ2) is 7.27. The van der Waals surface area contributed by atoms with E-state index in [0.29, 0.717) is 12.6 Å². The van der Waals surface area contributed by atoms with E-state index in [9.17, 15) is 4.79 Å². The van der Waals surface area contributed by atoms with Crippen LogP contribution in [0.5, 0.6) is 0 Å². The van der Waals surface area contributed by atoms with E-state index in [1.807, 2.05) is 19.2 Å². The van der Waals surface area contributed by atoms with E-state index in [1.54, 1.807) is 23.2 Å². The van der Waals surface area contributed by atoms with Gasteiger partial charge in [0.1, 0.15) is 0 Å². The van der Waals surface area contributed by atoms with E-state index in [-0.39, 0.29) is 5.91 Å². The molecule has 0 fully saturated rings. The highest BCUT2D eigenvalue weighted by Gasteiger charge is 2.13. The number of para-hydroxylation sites is 1. The molecule has 0 bridgehead atoms. The molecule has 4 heteroatoms. The minimum atomic E-state index is 0.0788. The topological polar surface area (TPSA) is 32.3 Å². The van der Waals surface area contributed by atoms with Crippen molar-refractivity contribution in [3.8, 4) is 0 Å². The van der Waals surface area contributed by atoms with E-state index in [4.69, 9.17) is 0 Å². The maximum Gasteiger partial charge on any atom is 0.219 e. The molecule has 112 valence electrons. The number of rotatable bonds is 6. The first-order valence-electron chi connectivity index (χ1n) is 7.21. The molecule has 1 N–H and O–H groups in total. The molecule has 1 atom stereocenters. The number of thiophene rings is 1. The zero-order chi connectivity index (χ0) is 15.2. The lowest BCUT2D eigenvalue weighted by atomic mass is 10.1. The molecular formula is C17H22N2OS. The Morgan fingerprint density at radius 3 is 2.67 bits per heavy atom. The summed E-state index contributed by atoms with van der Waals surface area (Å²) >= 11 is 1.77. The summed E-state index contributed by atoms with van der Waals surface area (Å²) in [6, 6.07) is 12.8. The van der Waals surface area contributed by atoms with Gasteiger partial charge in [-0.3, -0.25) is 4.79 Å². The number of carbonyl (C=O) groups excluding carboxylic acids is 1. The minimum absolute atomic E-state index is 0.0788. The Labute approximate surface area is 130 Å². The van der Waals surface area contributed by atoms with Gasteiger partial charge in [0, 0.05) is 31.1 Å². The summed E-state index contributed by atoms with van der Waals surface area (Å²) in [6.07, 6.45) is 1.03. The summed E-state index contributed by atoms with van der Waals surface area (Å²) in [5, 5.41) is 5.72. The number of carbonyl (C=O) groups is 1. The highest BCUT2D eigenvalue weighted by molar-refractivity contribution is 7.10. The fraction of sp³-hybridized carbons (Fsp3) is 0.353. The molecule has 1 amide bonds. The normalized spacial score (nSPS) is 12.0. The van der Waals surface area contributed by atoms with Gasteiger partial charge in [-0.15, -0.1) is 11.3 Å². The SMILES string of the molecule is CCC(Nc1ccccc1CN(C)C(C)=O)c1cccs1. The van der Waals surface area contributed by atoms with E-state index in [0.717, 1.165) is 17.7 Å². The predicted molar refractivity (Wildman–Crippen MR) is 89.6 cm³/mol. The van der Waals surface area contributed by atoms with E-state index in [2.05, 4.69) is 41.9 Å². The van der Waals surface area contributed by atoms with Crippen molar-refractivity contribution in [2.24, 2.45) is 0 Å². The molecule has 0 radical (unpaired) electrons. The Balaban J connectivity index is 2.17. The molecule has 0 saturated heterocycles. The zero-order valence-electron chi connectivity index (χ0n) is 12.8. The molecule has 0 aliphatic heterocycles. The van der Waals surface area contributed by atoms with Gasteiger partial charge < -0.3 is 10.2 Å².